The zero-order valence-corrected chi connectivity index (χ0v) is 12.5. The molecule has 0 aliphatic carbocycles. The standard InChI is InChI=1S/C20H16N2O/c1-3-11-19(15(7-1)17-9-5-13-21-17)23-20-12-4-2-8-16(20)18-10-6-14-22-18/h1-14,21-22H. The van der Waals surface area contributed by atoms with E-state index in [1.54, 1.807) is 0 Å². The fraction of sp³-hybridized carbons (Fsp3) is 0. The topological polar surface area (TPSA) is 40.8 Å². The van der Waals surface area contributed by atoms with Gasteiger partial charge in [-0.15, -0.1) is 0 Å². The molecule has 0 radical (unpaired) electrons. The van der Waals surface area contributed by atoms with Crippen molar-refractivity contribution in [1.82, 2.24) is 9.97 Å². The highest BCUT2D eigenvalue weighted by Gasteiger charge is 2.11. The highest BCUT2D eigenvalue weighted by molar-refractivity contribution is 5.71. The lowest BCUT2D eigenvalue weighted by molar-refractivity contribution is 0.486. The van der Waals surface area contributed by atoms with Crippen molar-refractivity contribution < 1.29 is 4.74 Å². The highest BCUT2D eigenvalue weighted by Crippen LogP contribution is 2.36. The molecule has 3 nitrogen and oxygen atoms in total. The number of ether oxygens (including phenoxy) is 1. The Morgan fingerprint density at radius 1 is 0.522 bits per heavy atom. The van der Waals surface area contributed by atoms with E-state index in [1.165, 1.54) is 0 Å². The van der Waals surface area contributed by atoms with Crippen molar-refractivity contribution in [3.05, 3.63) is 85.2 Å². The first-order valence-electron chi connectivity index (χ1n) is 7.55. The number of nitrogens with one attached hydrogen (secondary N) is 2. The molecule has 2 heterocycles. The van der Waals surface area contributed by atoms with E-state index in [4.69, 9.17) is 4.74 Å². The van der Waals surface area contributed by atoms with Crippen LogP contribution in [0.4, 0.5) is 0 Å². The van der Waals surface area contributed by atoms with E-state index in [2.05, 4.69) is 22.1 Å². The van der Waals surface area contributed by atoms with Crippen molar-refractivity contribution in [1.29, 1.82) is 0 Å². The Morgan fingerprint density at radius 2 is 1.00 bits per heavy atom. The average Bonchev–Trinajstić information content (AvgIpc) is 3.30. The van der Waals surface area contributed by atoms with Gasteiger partial charge in [0.2, 0.25) is 0 Å². The molecule has 0 saturated carbocycles. The predicted octanol–water partition coefficient (Wildman–Crippen LogP) is 5.47. The Balaban J connectivity index is 1.76. The van der Waals surface area contributed by atoms with Crippen molar-refractivity contribution in [3.63, 3.8) is 0 Å². The second-order valence-corrected chi connectivity index (χ2v) is 5.26. The summed E-state index contributed by atoms with van der Waals surface area (Å²) in [5, 5.41) is 0. The minimum absolute atomic E-state index is 0.828. The molecule has 0 bridgehead atoms. The van der Waals surface area contributed by atoms with Crippen molar-refractivity contribution in [3.8, 4) is 34.0 Å². The number of benzene rings is 2. The largest absolute Gasteiger partial charge is 0.456 e. The van der Waals surface area contributed by atoms with Crippen LogP contribution in [0.25, 0.3) is 22.5 Å². The quantitative estimate of drug-likeness (QED) is 0.515. The summed E-state index contributed by atoms with van der Waals surface area (Å²) in [6.07, 6.45) is 3.83. The van der Waals surface area contributed by atoms with Gasteiger partial charge in [0.1, 0.15) is 11.5 Å². The molecule has 0 unspecified atom stereocenters. The van der Waals surface area contributed by atoms with E-state index in [0.717, 1.165) is 34.0 Å². The van der Waals surface area contributed by atoms with E-state index in [1.807, 2.05) is 73.1 Å². The number of aromatic nitrogens is 2. The van der Waals surface area contributed by atoms with Gasteiger partial charge in [-0.2, -0.15) is 0 Å². The van der Waals surface area contributed by atoms with Gasteiger partial charge in [0.15, 0.2) is 0 Å². The molecule has 0 fully saturated rings. The van der Waals surface area contributed by atoms with Gasteiger partial charge in [0, 0.05) is 34.9 Å². The van der Waals surface area contributed by atoms with Crippen LogP contribution in [0.2, 0.25) is 0 Å². The van der Waals surface area contributed by atoms with Crippen LogP contribution >= 0.6 is 0 Å². The summed E-state index contributed by atoms with van der Waals surface area (Å²) in [6, 6.07) is 24.1. The minimum Gasteiger partial charge on any atom is -0.456 e. The first-order chi connectivity index (χ1) is 11.4. The lowest BCUT2D eigenvalue weighted by Crippen LogP contribution is -1.91. The maximum Gasteiger partial charge on any atom is 0.136 e. The van der Waals surface area contributed by atoms with Crippen LogP contribution in [0, 0.1) is 0 Å². The molecule has 0 amide bonds. The molecule has 0 aliphatic heterocycles. The van der Waals surface area contributed by atoms with E-state index in [-0.39, 0.29) is 0 Å². The number of H-pyrrole nitrogens is 2. The van der Waals surface area contributed by atoms with Gasteiger partial charge in [-0.05, 0) is 48.5 Å². The van der Waals surface area contributed by atoms with Crippen LogP contribution in [0.1, 0.15) is 0 Å². The van der Waals surface area contributed by atoms with Crippen LogP contribution in [0.5, 0.6) is 11.5 Å². The summed E-state index contributed by atoms with van der Waals surface area (Å²) in [5.41, 5.74) is 4.16. The van der Waals surface area contributed by atoms with Gasteiger partial charge in [0.05, 0.1) is 0 Å². The fourth-order valence-corrected chi connectivity index (χ4v) is 2.67. The first kappa shape index (κ1) is 13.5. The van der Waals surface area contributed by atoms with Crippen molar-refractivity contribution in [2.75, 3.05) is 0 Å². The first-order valence-corrected chi connectivity index (χ1v) is 7.55. The maximum atomic E-state index is 6.25. The van der Waals surface area contributed by atoms with E-state index < -0.39 is 0 Å². The molecule has 3 heteroatoms. The molecule has 0 aliphatic rings. The van der Waals surface area contributed by atoms with Crippen molar-refractivity contribution in [2.45, 2.75) is 0 Å². The van der Waals surface area contributed by atoms with Crippen LogP contribution < -0.4 is 4.74 Å². The maximum absolute atomic E-state index is 6.25. The number of hydrogen-bond donors (Lipinski definition) is 2. The number of aromatic amines is 2. The Labute approximate surface area is 134 Å². The van der Waals surface area contributed by atoms with Crippen LogP contribution in [0.3, 0.4) is 0 Å². The van der Waals surface area contributed by atoms with Gasteiger partial charge in [-0.3, -0.25) is 0 Å². The van der Waals surface area contributed by atoms with Crippen molar-refractivity contribution >= 4 is 0 Å². The van der Waals surface area contributed by atoms with Gasteiger partial charge in [-0.25, -0.2) is 0 Å². The zero-order chi connectivity index (χ0) is 15.5. The monoisotopic (exact) mass is 300 g/mol. The third-order valence-electron chi connectivity index (χ3n) is 3.77. The molecule has 0 spiro atoms. The summed E-state index contributed by atoms with van der Waals surface area (Å²) in [4.78, 5) is 6.47. The lowest BCUT2D eigenvalue weighted by atomic mass is 10.1. The van der Waals surface area contributed by atoms with Crippen LogP contribution in [-0.2, 0) is 0 Å². The number of hydrogen-bond acceptors (Lipinski definition) is 1. The van der Waals surface area contributed by atoms with E-state index >= 15 is 0 Å². The third-order valence-corrected chi connectivity index (χ3v) is 3.77. The molecular formula is C20H16N2O. The molecule has 2 N–H and O–H groups in total. The zero-order valence-electron chi connectivity index (χ0n) is 12.5. The predicted molar refractivity (Wildman–Crippen MR) is 92.5 cm³/mol. The van der Waals surface area contributed by atoms with Crippen LogP contribution in [-0.4, -0.2) is 9.97 Å². The normalized spacial score (nSPS) is 10.6. The summed E-state index contributed by atoms with van der Waals surface area (Å²) in [7, 11) is 0. The van der Waals surface area contributed by atoms with Gasteiger partial charge >= 0.3 is 0 Å². The summed E-state index contributed by atoms with van der Waals surface area (Å²) in [5.74, 6) is 1.66. The van der Waals surface area contributed by atoms with Gasteiger partial charge in [0.25, 0.3) is 0 Å². The Morgan fingerprint density at radius 3 is 1.43 bits per heavy atom. The van der Waals surface area contributed by atoms with Crippen molar-refractivity contribution in [2.24, 2.45) is 0 Å². The minimum atomic E-state index is 0.828. The second kappa shape index (κ2) is 5.89. The molecular weight excluding hydrogens is 284 g/mol. The molecule has 0 saturated heterocycles. The Kier molecular flexibility index (Phi) is 3.45. The molecule has 4 aromatic rings. The lowest BCUT2D eigenvalue weighted by Gasteiger charge is -2.13. The fourth-order valence-electron chi connectivity index (χ4n) is 2.67. The summed E-state index contributed by atoms with van der Waals surface area (Å²) in [6.45, 7) is 0. The molecule has 2 aromatic heterocycles. The smallest absolute Gasteiger partial charge is 0.136 e. The molecule has 112 valence electrons. The average molecular weight is 300 g/mol. The van der Waals surface area contributed by atoms with Crippen LogP contribution in [0.15, 0.2) is 85.2 Å². The van der Waals surface area contributed by atoms with E-state index in [9.17, 15) is 0 Å². The number of para-hydroxylation sites is 2. The third kappa shape index (κ3) is 2.64. The molecule has 4 rings (SSSR count). The Hall–Kier alpha value is -3.20. The molecule has 0 atom stereocenters. The molecule has 2 aromatic carbocycles. The summed E-state index contributed by atoms with van der Waals surface area (Å²) >= 11 is 0. The second-order valence-electron chi connectivity index (χ2n) is 5.26. The highest BCUT2D eigenvalue weighted by atomic mass is 16.5. The molecule has 23 heavy (non-hydrogen) atoms. The summed E-state index contributed by atoms with van der Waals surface area (Å²) < 4.78 is 6.25. The van der Waals surface area contributed by atoms with E-state index in [0.29, 0.717) is 0 Å². The SMILES string of the molecule is c1c[nH]c(-c2ccccc2Oc2ccccc2-c2ccc[nH]2)c1. The van der Waals surface area contributed by atoms with Gasteiger partial charge < -0.3 is 14.7 Å². The number of rotatable bonds is 4. The Bertz CT molecular complexity index is 817. The van der Waals surface area contributed by atoms with Gasteiger partial charge in [-0.1, -0.05) is 24.3 Å².